The van der Waals surface area contributed by atoms with Crippen molar-refractivity contribution in [2.75, 3.05) is 0 Å². The van der Waals surface area contributed by atoms with Crippen LogP contribution in [0.3, 0.4) is 0 Å². The van der Waals surface area contributed by atoms with Crippen molar-refractivity contribution in [3.05, 3.63) is 114 Å². The van der Waals surface area contributed by atoms with Crippen LogP contribution in [-0.4, -0.2) is 6.30 Å². The van der Waals surface area contributed by atoms with Crippen LogP contribution in [0.4, 0.5) is 17.6 Å². The van der Waals surface area contributed by atoms with Gasteiger partial charge in [0, 0.05) is 0 Å². The molecule has 0 heterocycles. The molecule has 6 aromatic rings. The smallest absolute Gasteiger partial charge is 0.159 e. The maximum absolute atomic E-state index is 14.4. The second-order valence-corrected chi connectivity index (χ2v) is 11.6. The zero-order valence-electron chi connectivity index (χ0n) is 17.8. The molecule has 6 rings (SSSR count). The second kappa shape index (κ2) is 7.44. The van der Waals surface area contributed by atoms with Crippen LogP contribution in [0.2, 0.25) is 0 Å². The second-order valence-electron chi connectivity index (χ2n) is 8.45. The lowest BCUT2D eigenvalue weighted by Gasteiger charge is -2.29. The first kappa shape index (κ1) is 20.9. The Kier molecular flexibility index (Phi) is 4.59. The maximum atomic E-state index is 14.4. The predicted molar refractivity (Wildman–Crippen MR) is 136 cm³/mol. The van der Waals surface area contributed by atoms with E-state index in [1.54, 1.807) is 0 Å². The molecular formula is C29H17F4P. The van der Waals surface area contributed by atoms with Gasteiger partial charge in [-0.25, -0.2) is 17.6 Å². The molecule has 0 N–H and O–H groups in total. The third-order valence-electron chi connectivity index (χ3n) is 6.60. The van der Waals surface area contributed by atoms with Gasteiger partial charge in [-0.2, -0.15) is 0 Å². The highest BCUT2D eigenvalue weighted by molar-refractivity contribution is 7.93. The van der Waals surface area contributed by atoms with E-state index in [0.29, 0.717) is 10.6 Å². The van der Waals surface area contributed by atoms with Crippen molar-refractivity contribution in [3.63, 3.8) is 0 Å². The van der Waals surface area contributed by atoms with Crippen molar-refractivity contribution in [1.82, 2.24) is 0 Å². The molecule has 0 radical (unpaired) electrons. The quantitative estimate of drug-likeness (QED) is 0.150. The van der Waals surface area contributed by atoms with Crippen LogP contribution in [0.5, 0.6) is 0 Å². The molecule has 0 aliphatic rings. The van der Waals surface area contributed by atoms with Gasteiger partial charge in [0.15, 0.2) is 23.3 Å². The Morgan fingerprint density at radius 2 is 1.00 bits per heavy atom. The number of benzene rings is 6. The van der Waals surface area contributed by atoms with E-state index >= 15 is 0 Å². The fourth-order valence-electron chi connectivity index (χ4n) is 4.92. The number of hydrogen-bond donors (Lipinski definition) is 0. The van der Waals surface area contributed by atoms with Gasteiger partial charge in [-0.15, -0.1) is 0 Å². The van der Waals surface area contributed by atoms with Crippen molar-refractivity contribution < 1.29 is 17.6 Å². The van der Waals surface area contributed by atoms with E-state index in [0.717, 1.165) is 61.9 Å². The van der Waals surface area contributed by atoms with Crippen LogP contribution in [-0.2, 0) is 0 Å². The molecule has 6 aromatic carbocycles. The summed E-state index contributed by atoms with van der Waals surface area (Å²) in [6, 6.07) is 25.5. The zero-order chi connectivity index (χ0) is 23.6. The van der Waals surface area contributed by atoms with Gasteiger partial charge in [0.2, 0.25) is 0 Å². The SMILES string of the molecule is C=P(c1ccc(F)c(F)c1)(c1ccc(F)c(F)c1)c1ccc2ccc3cccc4ccc1c2c34. The van der Waals surface area contributed by atoms with Crippen molar-refractivity contribution in [3.8, 4) is 0 Å². The van der Waals surface area contributed by atoms with Gasteiger partial charge in [0.1, 0.15) is 0 Å². The van der Waals surface area contributed by atoms with Crippen LogP contribution in [0.15, 0.2) is 91.0 Å². The summed E-state index contributed by atoms with van der Waals surface area (Å²) in [5, 5.41) is 7.90. The predicted octanol–water partition coefficient (Wildman–Crippen LogP) is 6.87. The summed E-state index contributed by atoms with van der Waals surface area (Å²) in [7, 11) is 0. The Hall–Kier alpha value is -3.62. The van der Waals surface area contributed by atoms with E-state index in [9.17, 15) is 17.6 Å². The minimum absolute atomic E-state index is 0.437. The largest absolute Gasteiger partial charge is 0.204 e. The fourth-order valence-corrected chi connectivity index (χ4v) is 8.03. The molecule has 0 unspecified atom stereocenters. The Labute approximate surface area is 193 Å². The number of hydrogen-bond acceptors (Lipinski definition) is 0. The first-order valence-corrected chi connectivity index (χ1v) is 12.7. The Morgan fingerprint density at radius 3 is 1.56 bits per heavy atom. The third-order valence-corrected chi connectivity index (χ3v) is 10.1. The summed E-state index contributed by atoms with van der Waals surface area (Å²) in [6.07, 6.45) is 4.54. The molecular weight excluding hydrogens is 455 g/mol. The molecule has 0 aliphatic carbocycles. The van der Waals surface area contributed by atoms with E-state index in [1.807, 2.05) is 48.5 Å². The standard InChI is InChI=1S/C29H17F4P/c1-34(20-9-12-23(30)25(32)15-20,21-10-13-24(31)26(33)16-21)27-14-8-19-6-5-17-3-2-4-18-7-11-22(27)29(19)28(17)18/h2-16H,1H2. The minimum Gasteiger partial charge on any atom is -0.204 e. The summed E-state index contributed by atoms with van der Waals surface area (Å²) in [5.41, 5.74) is 0. The summed E-state index contributed by atoms with van der Waals surface area (Å²) in [4.78, 5) is 0. The molecule has 0 fully saturated rings. The van der Waals surface area contributed by atoms with Gasteiger partial charge in [-0.05, 0) is 79.4 Å². The summed E-state index contributed by atoms with van der Waals surface area (Å²) >= 11 is 0. The van der Waals surface area contributed by atoms with Crippen molar-refractivity contribution in [1.29, 1.82) is 0 Å². The number of halogens is 4. The van der Waals surface area contributed by atoms with Gasteiger partial charge in [0.25, 0.3) is 0 Å². The molecule has 166 valence electrons. The molecule has 0 aliphatic heterocycles. The topological polar surface area (TPSA) is 0 Å². The van der Waals surface area contributed by atoms with Crippen LogP contribution < -0.4 is 15.9 Å². The van der Waals surface area contributed by atoms with Crippen molar-refractivity contribution in [2.45, 2.75) is 0 Å². The third kappa shape index (κ3) is 2.92. The van der Waals surface area contributed by atoms with E-state index in [2.05, 4.69) is 12.4 Å². The van der Waals surface area contributed by atoms with Crippen LogP contribution >= 0.6 is 6.89 Å². The average molecular weight is 472 g/mol. The average Bonchev–Trinajstić information content (AvgIpc) is 2.85. The van der Waals surface area contributed by atoms with Crippen LogP contribution in [0.25, 0.3) is 32.3 Å². The lowest BCUT2D eigenvalue weighted by molar-refractivity contribution is 0.509. The Morgan fingerprint density at radius 1 is 0.500 bits per heavy atom. The molecule has 0 saturated heterocycles. The molecule has 0 bridgehead atoms. The van der Waals surface area contributed by atoms with E-state index in [-0.39, 0.29) is 0 Å². The molecule has 0 aromatic heterocycles. The molecule has 0 atom stereocenters. The van der Waals surface area contributed by atoms with E-state index < -0.39 is 30.2 Å². The van der Waals surface area contributed by atoms with E-state index in [1.165, 1.54) is 12.1 Å². The normalized spacial score (nSPS) is 12.2. The van der Waals surface area contributed by atoms with Crippen molar-refractivity contribution >= 4 is 61.4 Å². The lowest BCUT2D eigenvalue weighted by Crippen LogP contribution is -2.27. The van der Waals surface area contributed by atoms with Gasteiger partial charge < -0.3 is 0 Å². The summed E-state index contributed by atoms with van der Waals surface area (Å²) in [6.45, 7) is -2.94. The van der Waals surface area contributed by atoms with Gasteiger partial charge in [-0.3, -0.25) is 0 Å². The monoisotopic (exact) mass is 472 g/mol. The molecule has 0 amide bonds. The first-order chi connectivity index (χ1) is 16.4. The van der Waals surface area contributed by atoms with Gasteiger partial charge >= 0.3 is 0 Å². The van der Waals surface area contributed by atoms with E-state index in [4.69, 9.17) is 0 Å². The van der Waals surface area contributed by atoms with Gasteiger partial charge in [-0.1, -0.05) is 73.0 Å². The zero-order valence-corrected chi connectivity index (χ0v) is 18.7. The molecule has 0 saturated carbocycles. The highest BCUT2D eigenvalue weighted by atomic mass is 31.2. The van der Waals surface area contributed by atoms with Crippen LogP contribution in [0, 0.1) is 23.3 Å². The molecule has 5 heteroatoms. The van der Waals surface area contributed by atoms with Crippen molar-refractivity contribution in [2.24, 2.45) is 0 Å². The molecule has 34 heavy (non-hydrogen) atoms. The Bertz CT molecular complexity index is 1720. The summed E-state index contributed by atoms with van der Waals surface area (Å²) < 4.78 is 56.5. The number of rotatable bonds is 3. The van der Waals surface area contributed by atoms with Crippen LogP contribution in [0.1, 0.15) is 0 Å². The highest BCUT2D eigenvalue weighted by Crippen LogP contribution is 2.46. The van der Waals surface area contributed by atoms with Gasteiger partial charge in [0.05, 0.1) is 0 Å². The molecule has 0 spiro atoms. The first-order valence-electron chi connectivity index (χ1n) is 10.7. The Balaban J connectivity index is 1.77. The lowest BCUT2D eigenvalue weighted by atomic mass is 9.94. The molecule has 0 nitrogen and oxygen atoms in total. The minimum atomic E-state index is -2.94. The fraction of sp³-hybridized carbons (Fsp3) is 0. The maximum Gasteiger partial charge on any atom is 0.159 e. The summed E-state index contributed by atoms with van der Waals surface area (Å²) in [5.74, 6) is -3.97. The highest BCUT2D eigenvalue weighted by Gasteiger charge is 2.27.